The third-order valence-electron chi connectivity index (χ3n) is 7.16. The van der Waals surface area contributed by atoms with Gasteiger partial charge in [-0.05, 0) is 91.3 Å². The predicted molar refractivity (Wildman–Crippen MR) is 157 cm³/mol. The molecule has 6 rings (SSSR count). The van der Waals surface area contributed by atoms with Gasteiger partial charge < -0.3 is 9.47 Å². The number of hydrogen-bond acceptors (Lipinski definition) is 2. The van der Waals surface area contributed by atoms with E-state index in [2.05, 4.69) is 111 Å². The summed E-state index contributed by atoms with van der Waals surface area (Å²) in [4.78, 5) is 0. The second-order valence-corrected chi connectivity index (χ2v) is 9.81. The Balaban J connectivity index is 1.51. The van der Waals surface area contributed by atoms with Gasteiger partial charge in [-0.1, -0.05) is 86.6 Å². The Morgan fingerprint density at radius 1 is 0.459 bits per heavy atom. The van der Waals surface area contributed by atoms with Crippen molar-refractivity contribution >= 4 is 43.1 Å². The van der Waals surface area contributed by atoms with Crippen molar-refractivity contribution in [2.75, 3.05) is 13.2 Å². The first-order valence-electron chi connectivity index (χ1n) is 13.4. The fourth-order valence-corrected chi connectivity index (χ4v) is 5.34. The number of hydrogen-bond donors (Lipinski definition) is 0. The molecule has 0 spiro atoms. The summed E-state index contributed by atoms with van der Waals surface area (Å²) >= 11 is 0. The van der Waals surface area contributed by atoms with E-state index < -0.39 is 0 Å². The number of benzene rings is 6. The fourth-order valence-electron chi connectivity index (χ4n) is 5.34. The van der Waals surface area contributed by atoms with Gasteiger partial charge in [0.05, 0.1) is 13.2 Å². The van der Waals surface area contributed by atoms with E-state index in [-0.39, 0.29) is 0 Å². The molecule has 0 unspecified atom stereocenters. The van der Waals surface area contributed by atoms with Gasteiger partial charge in [0.25, 0.3) is 0 Å². The van der Waals surface area contributed by atoms with Crippen LogP contribution in [-0.2, 0) is 6.42 Å². The van der Waals surface area contributed by atoms with Gasteiger partial charge in [0, 0.05) is 6.42 Å². The van der Waals surface area contributed by atoms with E-state index in [9.17, 15) is 0 Å². The molecule has 2 heteroatoms. The van der Waals surface area contributed by atoms with Crippen molar-refractivity contribution in [3.63, 3.8) is 0 Å². The molecule has 0 saturated carbocycles. The molecule has 0 saturated heterocycles. The largest absolute Gasteiger partial charge is 0.493 e. The molecule has 6 aromatic carbocycles. The highest BCUT2D eigenvalue weighted by Crippen LogP contribution is 2.37. The Morgan fingerprint density at radius 2 is 0.892 bits per heavy atom. The Bertz CT molecular complexity index is 1600. The summed E-state index contributed by atoms with van der Waals surface area (Å²) in [6, 6.07) is 35.1. The van der Waals surface area contributed by atoms with Crippen LogP contribution in [0, 0.1) is 0 Å². The lowest BCUT2D eigenvalue weighted by atomic mass is 9.94. The summed E-state index contributed by atoms with van der Waals surface area (Å²) in [5.41, 5.74) is 2.38. The van der Waals surface area contributed by atoms with Crippen LogP contribution >= 0.6 is 0 Å². The SMILES string of the molecule is CCCOc1cc2c(ccc3ccccc32)cc1Cc1cc2ccc3ccccc3c2cc1OCCC. The third-order valence-corrected chi connectivity index (χ3v) is 7.16. The lowest BCUT2D eigenvalue weighted by molar-refractivity contribution is 0.311. The predicted octanol–water partition coefficient (Wildman–Crippen LogP) is 9.47. The van der Waals surface area contributed by atoms with Gasteiger partial charge in [0.15, 0.2) is 0 Å². The van der Waals surface area contributed by atoms with Crippen molar-refractivity contribution in [3.05, 3.63) is 108 Å². The van der Waals surface area contributed by atoms with Gasteiger partial charge in [-0.3, -0.25) is 0 Å². The highest BCUT2D eigenvalue weighted by Gasteiger charge is 2.14. The van der Waals surface area contributed by atoms with E-state index in [1.807, 2.05) is 0 Å². The molecular weight excluding hydrogens is 452 g/mol. The lowest BCUT2D eigenvalue weighted by Crippen LogP contribution is -2.03. The minimum atomic E-state index is 0.701. The zero-order valence-electron chi connectivity index (χ0n) is 21.6. The van der Waals surface area contributed by atoms with Crippen LogP contribution < -0.4 is 9.47 Å². The molecule has 0 radical (unpaired) electrons. The molecule has 0 atom stereocenters. The molecule has 0 aliphatic rings. The van der Waals surface area contributed by atoms with E-state index in [1.54, 1.807) is 0 Å². The minimum Gasteiger partial charge on any atom is -0.493 e. The maximum Gasteiger partial charge on any atom is 0.123 e. The highest BCUT2D eigenvalue weighted by molar-refractivity contribution is 6.09. The Hall–Kier alpha value is -4.04. The van der Waals surface area contributed by atoms with Crippen molar-refractivity contribution in [3.8, 4) is 11.5 Å². The van der Waals surface area contributed by atoms with Crippen LogP contribution in [0.3, 0.4) is 0 Å². The molecule has 0 aliphatic carbocycles. The van der Waals surface area contributed by atoms with Crippen molar-refractivity contribution in [1.82, 2.24) is 0 Å². The Labute approximate surface area is 218 Å². The first kappa shape index (κ1) is 23.4. The van der Waals surface area contributed by atoms with Crippen molar-refractivity contribution in [1.29, 1.82) is 0 Å². The van der Waals surface area contributed by atoms with E-state index in [0.717, 1.165) is 30.8 Å². The molecule has 0 aliphatic heterocycles. The average Bonchev–Trinajstić information content (AvgIpc) is 2.94. The van der Waals surface area contributed by atoms with Crippen LogP contribution in [-0.4, -0.2) is 13.2 Å². The molecule has 37 heavy (non-hydrogen) atoms. The van der Waals surface area contributed by atoms with Gasteiger partial charge in [0.2, 0.25) is 0 Å². The molecule has 6 aromatic rings. The van der Waals surface area contributed by atoms with Crippen molar-refractivity contribution < 1.29 is 9.47 Å². The molecule has 0 heterocycles. The molecule has 0 N–H and O–H groups in total. The second kappa shape index (κ2) is 10.1. The topological polar surface area (TPSA) is 18.5 Å². The normalized spacial score (nSPS) is 11.5. The van der Waals surface area contributed by atoms with Gasteiger partial charge in [0.1, 0.15) is 11.5 Å². The standard InChI is InChI=1S/C35H32O2/c1-3-17-36-34-22-32-26(15-13-24-9-5-7-11-30(24)32)19-28(34)21-29-20-27-16-14-25-10-6-8-12-31(25)33(27)23-35(29)37-18-4-2/h5-16,19-20,22-23H,3-4,17-18,21H2,1-2H3. The molecule has 184 valence electrons. The first-order valence-corrected chi connectivity index (χ1v) is 13.4. The highest BCUT2D eigenvalue weighted by atomic mass is 16.5. The average molecular weight is 485 g/mol. The lowest BCUT2D eigenvalue weighted by Gasteiger charge is -2.17. The van der Waals surface area contributed by atoms with Crippen LogP contribution in [0.15, 0.2) is 97.1 Å². The maximum absolute atomic E-state index is 6.34. The minimum absolute atomic E-state index is 0.701. The maximum atomic E-state index is 6.34. The van der Waals surface area contributed by atoms with Crippen molar-refractivity contribution in [2.24, 2.45) is 0 Å². The smallest absolute Gasteiger partial charge is 0.123 e. The van der Waals surface area contributed by atoms with Crippen LogP contribution in [0.25, 0.3) is 43.1 Å². The quantitative estimate of drug-likeness (QED) is 0.200. The second-order valence-electron chi connectivity index (χ2n) is 9.81. The zero-order chi connectivity index (χ0) is 25.2. The van der Waals surface area contributed by atoms with Crippen LogP contribution in [0.1, 0.15) is 37.8 Å². The number of rotatable bonds is 8. The van der Waals surface area contributed by atoms with Gasteiger partial charge in [-0.25, -0.2) is 0 Å². The first-order chi connectivity index (χ1) is 18.2. The van der Waals surface area contributed by atoms with Gasteiger partial charge in [-0.15, -0.1) is 0 Å². The van der Waals surface area contributed by atoms with Crippen LogP contribution in [0.4, 0.5) is 0 Å². The molecule has 0 fully saturated rings. The summed E-state index contributed by atoms with van der Waals surface area (Å²) in [7, 11) is 0. The van der Waals surface area contributed by atoms with E-state index in [1.165, 1.54) is 54.2 Å². The summed E-state index contributed by atoms with van der Waals surface area (Å²) < 4.78 is 12.7. The zero-order valence-corrected chi connectivity index (χ0v) is 21.6. The third kappa shape index (κ3) is 4.49. The van der Waals surface area contributed by atoms with E-state index >= 15 is 0 Å². The van der Waals surface area contributed by atoms with Crippen LogP contribution in [0.5, 0.6) is 11.5 Å². The van der Waals surface area contributed by atoms with Crippen LogP contribution in [0.2, 0.25) is 0 Å². The molecule has 0 amide bonds. The summed E-state index contributed by atoms with van der Waals surface area (Å²) in [5, 5.41) is 9.97. The molecular formula is C35H32O2. The van der Waals surface area contributed by atoms with E-state index in [0.29, 0.717) is 13.2 Å². The summed E-state index contributed by atoms with van der Waals surface area (Å²) in [5.74, 6) is 1.93. The number of ether oxygens (including phenoxy) is 2. The molecule has 0 bridgehead atoms. The monoisotopic (exact) mass is 484 g/mol. The fraction of sp³-hybridized carbons (Fsp3) is 0.200. The van der Waals surface area contributed by atoms with Crippen molar-refractivity contribution in [2.45, 2.75) is 33.1 Å². The summed E-state index contributed by atoms with van der Waals surface area (Å²) in [6.45, 7) is 5.71. The molecule has 0 aromatic heterocycles. The number of fused-ring (bicyclic) bond motifs is 6. The van der Waals surface area contributed by atoms with Gasteiger partial charge in [-0.2, -0.15) is 0 Å². The van der Waals surface area contributed by atoms with Gasteiger partial charge >= 0.3 is 0 Å². The summed E-state index contributed by atoms with van der Waals surface area (Å²) in [6.07, 6.45) is 2.70. The molecule has 2 nitrogen and oxygen atoms in total. The Kier molecular flexibility index (Phi) is 6.40. The van der Waals surface area contributed by atoms with E-state index in [4.69, 9.17) is 9.47 Å². The Morgan fingerprint density at radius 3 is 1.35 bits per heavy atom.